The number of esters is 3. The predicted octanol–water partition coefficient (Wildman–Crippen LogP) is 1.24. The fourth-order valence-corrected chi connectivity index (χ4v) is 3.08. The molecular weight excluding hydrogens is 424 g/mol. The van der Waals surface area contributed by atoms with Gasteiger partial charge in [0.15, 0.2) is 12.2 Å². The molecule has 1 aromatic rings. The van der Waals surface area contributed by atoms with Crippen molar-refractivity contribution in [3.63, 3.8) is 0 Å². The van der Waals surface area contributed by atoms with Crippen molar-refractivity contribution in [2.45, 2.75) is 51.5 Å². The second-order valence-electron chi connectivity index (χ2n) is 6.77. The minimum atomic E-state index is -1.19. The number of carbonyl (C=O) groups is 3. The molecule has 0 saturated carbocycles. The van der Waals surface area contributed by atoms with Gasteiger partial charge in [-0.3, -0.25) is 14.4 Å². The van der Waals surface area contributed by atoms with Crippen LogP contribution in [-0.4, -0.2) is 68.9 Å². The number of methoxy groups -OCH3 is 1. The fourth-order valence-electron chi connectivity index (χ4n) is 3.08. The fraction of sp³-hybridized carbons (Fsp3) is 0.500. The number of ether oxygens (including phenoxy) is 7. The van der Waals surface area contributed by atoms with Crippen LogP contribution in [0, 0.1) is 12.3 Å². The number of hydrogen-bond acceptors (Lipinski definition) is 10. The maximum atomic E-state index is 11.8. The molecule has 1 aromatic carbocycles. The van der Waals surface area contributed by atoms with Crippen molar-refractivity contribution in [1.82, 2.24) is 0 Å². The van der Waals surface area contributed by atoms with Crippen molar-refractivity contribution in [1.29, 1.82) is 0 Å². The van der Waals surface area contributed by atoms with Crippen LogP contribution in [0.4, 0.5) is 0 Å². The summed E-state index contributed by atoms with van der Waals surface area (Å²) in [5, 5.41) is 0. The Morgan fingerprint density at radius 1 is 0.938 bits per heavy atom. The third-order valence-corrected chi connectivity index (χ3v) is 4.32. The molecule has 0 aliphatic carbocycles. The van der Waals surface area contributed by atoms with Gasteiger partial charge in [0.1, 0.15) is 36.9 Å². The molecule has 10 nitrogen and oxygen atoms in total. The second kappa shape index (κ2) is 11.9. The van der Waals surface area contributed by atoms with E-state index >= 15 is 0 Å². The van der Waals surface area contributed by atoms with E-state index in [2.05, 4.69) is 5.92 Å². The van der Waals surface area contributed by atoms with Crippen molar-refractivity contribution in [2.24, 2.45) is 0 Å². The van der Waals surface area contributed by atoms with Gasteiger partial charge in [-0.25, -0.2) is 0 Å². The van der Waals surface area contributed by atoms with Gasteiger partial charge in [-0.05, 0) is 24.3 Å². The molecule has 1 aliphatic heterocycles. The highest BCUT2D eigenvalue weighted by atomic mass is 16.7. The van der Waals surface area contributed by atoms with E-state index in [1.807, 2.05) is 0 Å². The van der Waals surface area contributed by atoms with E-state index in [9.17, 15) is 14.4 Å². The molecule has 0 unspecified atom stereocenters. The summed E-state index contributed by atoms with van der Waals surface area (Å²) < 4.78 is 38.5. The van der Waals surface area contributed by atoms with Crippen LogP contribution >= 0.6 is 0 Å². The summed E-state index contributed by atoms with van der Waals surface area (Å²) in [5.74, 6) is 1.46. The molecule has 1 saturated heterocycles. The van der Waals surface area contributed by atoms with Gasteiger partial charge < -0.3 is 33.2 Å². The van der Waals surface area contributed by atoms with Crippen LogP contribution in [-0.2, 0) is 38.1 Å². The average Bonchev–Trinajstić information content (AvgIpc) is 2.73. The number of benzene rings is 1. The number of carbonyl (C=O) groups excluding carboxylic acids is 3. The van der Waals surface area contributed by atoms with Gasteiger partial charge in [0.25, 0.3) is 0 Å². The van der Waals surface area contributed by atoms with E-state index in [4.69, 9.17) is 39.6 Å². The first-order valence-corrected chi connectivity index (χ1v) is 9.74. The lowest BCUT2D eigenvalue weighted by atomic mass is 9.98. The standard InChI is InChI=1S/C22H26O10/c1-6-11-27-20-19(29-14(3)24)18(12-28-13(2)23)32-22(21(20)30-15(4)25)31-17-9-7-16(26-5)8-10-17/h1,7-10,18-22H,11-12H2,2-5H3/t18-,19+,20+,21-,22-/m1/s1. The van der Waals surface area contributed by atoms with Gasteiger partial charge >= 0.3 is 17.9 Å². The Hall–Kier alpha value is -3.29. The molecule has 0 N–H and O–H groups in total. The van der Waals surface area contributed by atoms with Gasteiger partial charge in [0.2, 0.25) is 6.29 Å². The molecule has 1 fully saturated rings. The van der Waals surface area contributed by atoms with Crippen LogP contribution < -0.4 is 9.47 Å². The van der Waals surface area contributed by atoms with E-state index in [1.54, 1.807) is 24.3 Å². The van der Waals surface area contributed by atoms with E-state index in [1.165, 1.54) is 27.9 Å². The Morgan fingerprint density at radius 2 is 1.53 bits per heavy atom. The number of rotatable bonds is 9. The minimum Gasteiger partial charge on any atom is -0.497 e. The van der Waals surface area contributed by atoms with E-state index in [0.29, 0.717) is 11.5 Å². The lowest BCUT2D eigenvalue weighted by molar-refractivity contribution is -0.291. The molecule has 0 bridgehead atoms. The van der Waals surface area contributed by atoms with E-state index in [0.717, 1.165) is 0 Å². The van der Waals surface area contributed by atoms with Crippen LogP contribution in [0.25, 0.3) is 0 Å². The van der Waals surface area contributed by atoms with Gasteiger partial charge in [-0.15, -0.1) is 6.42 Å². The number of terminal acetylenes is 1. The largest absolute Gasteiger partial charge is 0.497 e. The molecule has 0 radical (unpaired) electrons. The van der Waals surface area contributed by atoms with Crippen LogP contribution in [0.15, 0.2) is 24.3 Å². The first kappa shape index (κ1) is 25.0. The van der Waals surface area contributed by atoms with Gasteiger partial charge in [-0.2, -0.15) is 0 Å². The summed E-state index contributed by atoms with van der Waals surface area (Å²) in [6, 6.07) is 6.60. The molecule has 1 heterocycles. The first-order valence-electron chi connectivity index (χ1n) is 9.74. The highest BCUT2D eigenvalue weighted by Gasteiger charge is 2.52. The van der Waals surface area contributed by atoms with Gasteiger partial charge in [0, 0.05) is 20.8 Å². The predicted molar refractivity (Wildman–Crippen MR) is 109 cm³/mol. The smallest absolute Gasteiger partial charge is 0.303 e. The van der Waals surface area contributed by atoms with Crippen molar-refractivity contribution in [3.8, 4) is 23.8 Å². The summed E-state index contributed by atoms with van der Waals surface area (Å²) in [7, 11) is 1.53. The van der Waals surface area contributed by atoms with Crippen molar-refractivity contribution in [2.75, 3.05) is 20.3 Å². The molecule has 0 amide bonds. The lowest BCUT2D eigenvalue weighted by Gasteiger charge is -2.44. The molecular formula is C22H26O10. The molecule has 174 valence electrons. The zero-order valence-electron chi connectivity index (χ0n) is 18.3. The zero-order chi connectivity index (χ0) is 23.7. The normalized spacial score (nSPS) is 24.5. The highest BCUT2D eigenvalue weighted by molar-refractivity contribution is 5.67. The van der Waals surface area contributed by atoms with E-state index < -0.39 is 48.6 Å². The molecule has 32 heavy (non-hydrogen) atoms. The van der Waals surface area contributed by atoms with Crippen molar-refractivity contribution < 1.29 is 47.5 Å². The number of hydrogen-bond donors (Lipinski definition) is 0. The Kier molecular flexibility index (Phi) is 9.31. The first-order chi connectivity index (χ1) is 15.2. The molecule has 10 heteroatoms. The quantitative estimate of drug-likeness (QED) is 0.309. The monoisotopic (exact) mass is 450 g/mol. The maximum Gasteiger partial charge on any atom is 0.303 e. The molecule has 2 rings (SSSR count). The van der Waals surface area contributed by atoms with Crippen molar-refractivity contribution >= 4 is 17.9 Å². The topological polar surface area (TPSA) is 116 Å². The Morgan fingerprint density at radius 3 is 2.06 bits per heavy atom. The van der Waals surface area contributed by atoms with Crippen LogP contribution in [0.5, 0.6) is 11.5 Å². The Bertz CT molecular complexity index is 828. The van der Waals surface area contributed by atoms with Crippen LogP contribution in [0.2, 0.25) is 0 Å². The zero-order valence-corrected chi connectivity index (χ0v) is 18.3. The minimum absolute atomic E-state index is 0.171. The second-order valence-corrected chi connectivity index (χ2v) is 6.77. The molecule has 0 aromatic heterocycles. The Labute approximate surface area is 186 Å². The summed E-state index contributed by atoms with van der Waals surface area (Å²) in [6.07, 6.45) is -0.162. The molecule has 5 atom stereocenters. The summed E-state index contributed by atoms with van der Waals surface area (Å²) in [5.41, 5.74) is 0. The van der Waals surface area contributed by atoms with Gasteiger partial charge in [-0.1, -0.05) is 5.92 Å². The highest BCUT2D eigenvalue weighted by Crippen LogP contribution is 2.31. The SMILES string of the molecule is C#CCO[C@H]1[C@@H](OC(C)=O)[C@@H](COC(C)=O)O[C@@H](Oc2ccc(OC)cc2)[C@@H]1OC(C)=O. The van der Waals surface area contributed by atoms with Crippen LogP contribution in [0.1, 0.15) is 20.8 Å². The summed E-state index contributed by atoms with van der Waals surface area (Å²) >= 11 is 0. The summed E-state index contributed by atoms with van der Waals surface area (Å²) in [4.78, 5) is 34.9. The van der Waals surface area contributed by atoms with Gasteiger partial charge in [0.05, 0.1) is 7.11 Å². The maximum absolute atomic E-state index is 11.8. The lowest BCUT2D eigenvalue weighted by Crippen LogP contribution is -2.63. The average molecular weight is 450 g/mol. The van der Waals surface area contributed by atoms with Crippen molar-refractivity contribution in [3.05, 3.63) is 24.3 Å². The summed E-state index contributed by atoms with van der Waals surface area (Å²) in [6.45, 7) is 3.19. The van der Waals surface area contributed by atoms with E-state index in [-0.39, 0.29) is 13.2 Å². The molecule has 1 aliphatic rings. The third kappa shape index (κ3) is 7.14. The van der Waals surface area contributed by atoms with Crippen LogP contribution in [0.3, 0.4) is 0 Å². The molecule has 0 spiro atoms. The Balaban J connectivity index is 2.40. The third-order valence-electron chi connectivity index (χ3n) is 4.32.